The molecule has 2 aromatic rings. The Kier molecular flexibility index (Phi) is 4.41. The van der Waals surface area contributed by atoms with Crippen LogP contribution in [0.2, 0.25) is 0 Å². The lowest BCUT2D eigenvalue weighted by molar-refractivity contribution is -0.141. The van der Waals surface area contributed by atoms with Gasteiger partial charge in [0.1, 0.15) is 12.4 Å². The maximum atomic E-state index is 13.7. The molecule has 112 valence electrons. The number of fused-ring (bicyclic) bond motifs is 1. The van der Waals surface area contributed by atoms with E-state index in [0.717, 1.165) is 10.7 Å². The summed E-state index contributed by atoms with van der Waals surface area (Å²) in [4.78, 5) is 23.7. The minimum Gasteiger partial charge on any atom is -0.468 e. The van der Waals surface area contributed by atoms with Crippen LogP contribution in [0.4, 0.5) is 4.39 Å². The van der Waals surface area contributed by atoms with Gasteiger partial charge in [0.25, 0.3) is 5.56 Å². The van der Waals surface area contributed by atoms with Crippen molar-refractivity contribution in [2.24, 2.45) is 0 Å². The van der Waals surface area contributed by atoms with Crippen molar-refractivity contribution >= 4 is 32.7 Å². The van der Waals surface area contributed by atoms with E-state index in [9.17, 15) is 14.0 Å². The Labute approximate surface area is 128 Å². The maximum Gasteiger partial charge on any atom is 0.327 e. The second-order valence-corrected chi connectivity index (χ2v) is 5.75. The van der Waals surface area contributed by atoms with Crippen LogP contribution in [0.15, 0.2) is 21.4 Å². The van der Waals surface area contributed by atoms with Crippen LogP contribution < -0.4 is 5.56 Å². The van der Waals surface area contributed by atoms with Gasteiger partial charge in [0.15, 0.2) is 0 Å². The van der Waals surface area contributed by atoms with Crippen molar-refractivity contribution < 1.29 is 13.9 Å². The van der Waals surface area contributed by atoms with Gasteiger partial charge >= 0.3 is 5.97 Å². The summed E-state index contributed by atoms with van der Waals surface area (Å²) in [6.45, 7) is 3.51. The highest BCUT2D eigenvalue weighted by molar-refractivity contribution is 9.10. The van der Waals surface area contributed by atoms with E-state index in [1.807, 2.05) is 13.8 Å². The molecule has 5 nitrogen and oxygen atoms in total. The summed E-state index contributed by atoms with van der Waals surface area (Å²) in [5, 5.41) is 4.99. The summed E-state index contributed by atoms with van der Waals surface area (Å²) in [5.41, 5.74) is 0.0976. The molecule has 0 atom stereocenters. The maximum absolute atomic E-state index is 13.7. The van der Waals surface area contributed by atoms with Crippen LogP contribution in [0.3, 0.4) is 0 Å². The number of hydrogen-bond donors (Lipinski definition) is 0. The fraction of sp³-hybridized carbons (Fsp3) is 0.357. The Morgan fingerprint density at radius 1 is 1.43 bits per heavy atom. The van der Waals surface area contributed by atoms with Crippen molar-refractivity contribution in [3.8, 4) is 0 Å². The van der Waals surface area contributed by atoms with Gasteiger partial charge < -0.3 is 4.74 Å². The van der Waals surface area contributed by atoms with Gasteiger partial charge in [-0.05, 0) is 34.0 Å². The molecule has 2 rings (SSSR count). The normalized spacial score (nSPS) is 11.1. The Bertz CT molecular complexity index is 771. The van der Waals surface area contributed by atoms with E-state index in [4.69, 9.17) is 0 Å². The minimum absolute atomic E-state index is 0.00866. The second-order valence-electron chi connectivity index (χ2n) is 4.89. The first-order valence-corrected chi connectivity index (χ1v) is 7.11. The van der Waals surface area contributed by atoms with Crippen molar-refractivity contribution in [2.75, 3.05) is 7.11 Å². The predicted octanol–water partition coefficient (Wildman–Crippen LogP) is 2.59. The van der Waals surface area contributed by atoms with E-state index >= 15 is 0 Å². The molecule has 0 spiro atoms. The predicted molar refractivity (Wildman–Crippen MR) is 79.8 cm³/mol. The molecular formula is C14H14BrFN2O3. The highest BCUT2D eigenvalue weighted by atomic mass is 79.9. The fourth-order valence-electron chi connectivity index (χ4n) is 2.02. The number of carbonyl (C=O) groups excluding carboxylic acids is 1. The molecule has 21 heavy (non-hydrogen) atoms. The molecule has 1 aromatic carbocycles. The number of nitrogens with zero attached hydrogens (tertiary/aromatic N) is 2. The third-order valence-corrected chi connectivity index (χ3v) is 3.69. The summed E-state index contributed by atoms with van der Waals surface area (Å²) in [7, 11) is 1.23. The molecular weight excluding hydrogens is 343 g/mol. The molecule has 0 fully saturated rings. The van der Waals surface area contributed by atoms with E-state index in [-0.39, 0.29) is 22.3 Å². The first-order valence-electron chi connectivity index (χ1n) is 6.31. The van der Waals surface area contributed by atoms with Crippen LogP contribution in [0.5, 0.6) is 0 Å². The smallest absolute Gasteiger partial charge is 0.327 e. The molecule has 0 saturated carbocycles. The van der Waals surface area contributed by atoms with Gasteiger partial charge in [-0.3, -0.25) is 9.59 Å². The monoisotopic (exact) mass is 356 g/mol. The number of esters is 1. The average Bonchev–Trinajstić information content (AvgIpc) is 2.43. The van der Waals surface area contributed by atoms with Crippen molar-refractivity contribution in [1.82, 2.24) is 9.78 Å². The molecule has 1 heterocycles. The van der Waals surface area contributed by atoms with E-state index < -0.39 is 17.3 Å². The number of ether oxygens (including phenoxy) is 1. The first-order chi connectivity index (χ1) is 9.85. The lowest BCUT2D eigenvalue weighted by Crippen LogP contribution is -2.29. The molecule has 0 aliphatic carbocycles. The highest BCUT2D eigenvalue weighted by Crippen LogP contribution is 2.26. The van der Waals surface area contributed by atoms with Gasteiger partial charge in [-0.25, -0.2) is 9.07 Å². The molecule has 0 saturated heterocycles. The summed E-state index contributed by atoms with van der Waals surface area (Å²) in [5.74, 6) is -1.12. The Hall–Kier alpha value is -1.76. The lowest BCUT2D eigenvalue weighted by atomic mass is 10.0. The Balaban J connectivity index is 2.79. The number of rotatable bonds is 3. The van der Waals surface area contributed by atoms with E-state index in [1.54, 1.807) is 0 Å². The summed E-state index contributed by atoms with van der Waals surface area (Å²) in [6.07, 6.45) is 0. The van der Waals surface area contributed by atoms with Crippen molar-refractivity contribution in [2.45, 2.75) is 26.3 Å². The zero-order valence-corrected chi connectivity index (χ0v) is 13.4. The molecule has 0 amide bonds. The number of halogens is 2. The number of carbonyl (C=O) groups is 1. The van der Waals surface area contributed by atoms with E-state index in [0.29, 0.717) is 11.1 Å². The van der Waals surface area contributed by atoms with Crippen LogP contribution in [0, 0.1) is 5.82 Å². The van der Waals surface area contributed by atoms with Gasteiger partial charge in [-0.1, -0.05) is 13.8 Å². The number of methoxy groups -OCH3 is 1. The van der Waals surface area contributed by atoms with Crippen molar-refractivity contribution in [3.63, 3.8) is 0 Å². The van der Waals surface area contributed by atoms with E-state index in [1.165, 1.54) is 13.2 Å². The van der Waals surface area contributed by atoms with Crippen LogP contribution in [0.1, 0.15) is 25.5 Å². The molecule has 0 aliphatic rings. The van der Waals surface area contributed by atoms with Crippen LogP contribution in [-0.4, -0.2) is 22.9 Å². The van der Waals surface area contributed by atoms with Crippen LogP contribution in [-0.2, 0) is 16.1 Å². The van der Waals surface area contributed by atoms with Gasteiger partial charge in [0.05, 0.1) is 22.7 Å². The molecule has 0 bridgehead atoms. The summed E-state index contributed by atoms with van der Waals surface area (Å²) >= 11 is 3.11. The van der Waals surface area contributed by atoms with Gasteiger partial charge in [0, 0.05) is 5.39 Å². The minimum atomic E-state index is -0.587. The van der Waals surface area contributed by atoms with Crippen molar-refractivity contribution in [3.05, 3.63) is 38.5 Å². The largest absolute Gasteiger partial charge is 0.468 e. The van der Waals surface area contributed by atoms with Gasteiger partial charge in [0.2, 0.25) is 0 Å². The summed E-state index contributed by atoms with van der Waals surface area (Å²) < 4.78 is 19.5. The molecule has 0 N–H and O–H groups in total. The quantitative estimate of drug-likeness (QED) is 0.793. The molecule has 1 aromatic heterocycles. The Morgan fingerprint density at radius 3 is 2.67 bits per heavy atom. The van der Waals surface area contributed by atoms with Gasteiger partial charge in [-0.15, -0.1) is 0 Å². The molecule has 0 aliphatic heterocycles. The van der Waals surface area contributed by atoms with E-state index in [2.05, 4.69) is 25.8 Å². The van der Waals surface area contributed by atoms with Crippen LogP contribution in [0.25, 0.3) is 10.8 Å². The number of benzene rings is 1. The van der Waals surface area contributed by atoms with Crippen LogP contribution >= 0.6 is 15.9 Å². The second kappa shape index (κ2) is 5.93. The first kappa shape index (κ1) is 15.6. The average molecular weight is 357 g/mol. The topological polar surface area (TPSA) is 61.2 Å². The zero-order chi connectivity index (χ0) is 15.7. The SMILES string of the molecule is COC(=O)Cn1nc(C(C)C)c2cc(Br)c(F)cc2c1=O. The zero-order valence-electron chi connectivity index (χ0n) is 11.8. The Morgan fingerprint density at radius 2 is 2.10 bits per heavy atom. The fourth-order valence-corrected chi connectivity index (χ4v) is 2.37. The van der Waals surface area contributed by atoms with Gasteiger partial charge in [-0.2, -0.15) is 5.10 Å². The summed E-state index contributed by atoms with van der Waals surface area (Å²) in [6, 6.07) is 2.69. The third-order valence-electron chi connectivity index (χ3n) is 3.08. The molecule has 7 heteroatoms. The highest BCUT2D eigenvalue weighted by Gasteiger charge is 2.17. The molecule has 0 radical (unpaired) electrons. The number of hydrogen-bond acceptors (Lipinski definition) is 4. The third kappa shape index (κ3) is 2.97. The molecule has 0 unspecified atom stereocenters. The lowest BCUT2D eigenvalue weighted by Gasteiger charge is -2.13. The number of aromatic nitrogens is 2. The van der Waals surface area contributed by atoms with Crippen molar-refractivity contribution in [1.29, 1.82) is 0 Å². The standard InChI is InChI=1S/C14H14BrFN2O3/c1-7(2)13-8-4-10(15)11(16)5-9(8)14(20)18(17-13)6-12(19)21-3/h4-5,7H,6H2,1-3H3.